The van der Waals surface area contributed by atoms with Gasteiger partial charge in [-0.1, -0.05) is 12.1 Å². The van der Waals surface area contributed by atoms with Crippen LogP contribution in [0.5, 0.6) is 11.5 Å². The highest BCUT2D eigenvalue weighted by atomic mass is 32.2. The number of rotatable bonds is 11. The lowest BCUT2D eigenvalue weighted by atomic mass is 10.1. The van der Waals surface area contributed by atoms with E-state index in [2.05, 4.69) is 5.10 Å². The zero-order valence-corrected chi connectivity index (χ0v) is 19.5. The van der Waals surface area contributed by atoms with E-state index >= 15 is 0 Å². The van der Waals surface area contributed by atoms with Gasteiger partial charge in [-0.15, -0.1) is 0 Å². The van der Waals surface area contributed by atoms with Crippen molar-refractivity contribution in [2.75, 3.05) is 20.8 Å². The molecule has 33 heavy (non-hydrogen) atoms. The number of nitro groups is 1. The van der Waals surface area contributed by atoms with Crippen LogP contribution in [0.2, 0.25) is 0 Å². The summed E-state index contributed by atoms with van der Waals surface area (Å²) in [5, 5.41) is 15.4. The quantitative estimate of drug-likeness (QED) is 0.309. The van der Waals surface area contributed by atoms with Crippen LogP contribution in [0.3, 0.4) is 0 Å². The van der Waals surface area contributed by atoms with E-state index < -0.39 is 14.9 Å². The van der Waals surface area contributed by atoms with Crippen LogP contribution in [-0.4, -0.2) is 48.2 Å². The molecule has 3 rings (SSSR count). The van der Waals surface area contributed by atoms with Gasteiger partial charge in [0, 0.05) is 31.4 Å². The number of aryl methyl sites for hydroxylation is 1. The molecule has 2 aromatic carbocycles. The molecule has 0 spiro atoms. The van der Waals surface area contributed by atoms with E-state index in [1.165, 1.54) is 29.6 Å². The fourth-order valence-electron chi connectivity index (χ4n) is 3.44. The Labute approximate surface area is 192 Å². The molecular formula is C22H26N4O6S. The summed E-state index contributed by atoms with van der Waals surface area (Å²) in [5.74, 6) is 1.13. The fourth-order valence-corrected chi connectivity index (χ4v) is 4.89. The van der Waals surface area contributed by atoms with Crippen LogP contribution in [0, 0.1) is 10.1 Å². The van der Waals surface area contributed by atoms with E-state index in [1.54, 1.807) is 36.2 Å². The number of sulfonamides is 1. The van der Waals surface area contributed by atoms with Crippen LogP contribution in [0.1, 0.15) is 18.2 Å². The van der Waals surface area contributed by atoms with Crippen molar-refractivity contribution in [2.24, 2.45) is 0 Å². The number of methoxy groups -OCH3 is 2. The van der Waals surface area contributed by atoms with Crippen molar-refractivity contribution in [3.8, 4) is 11.5 Å². The van der Waals surface area contributed by atoms with Crippen LogP contribution in [0.15, 0.2) is 59.6 Å². The number of nitrogens with zero attached hydrogens (tertiary/aromatic N) is 4. The Morgan fingerprint density at radius 3 is 2.52 bits per heavy atom. The van der Waals surface area contributed by atoms with Gasteiger partial charge in [0.1, 0.15) is 0 Å². The highest BCUT2D eigenvalue weighted by Gasteiger charge is 2.27. The highest BCUT2D eigenvalue weighted by molar-refractivity contribution is 7.89. The summed E-state index contributed by atoms with van der Waals surface area (Å²) in [6.07, 6.45) is 2.01. The Bertz CT molecular complexity index is 1230. The first-order chi connectivity index (χ1) is 15.8. The van der Waals surface area contributed by atoms with Crippen molar-refractivity contribution in [1.29, 1.82) is 0 Å². The molecule has 0 fully saturated rings. The number of ether oxygens (including phenoxy) is 2. The molecule has 176 valence electrons. The average Bonchev–Trinajstić information content (AvgIpc) is 3.28. The van der Waals surface area contributed by atoms with Crippen molar-refractivity contribution >= 4 is 15.7 Å². The predicted molar refractivity (Wildman–Crippen MR) is 122 cm³/mol. The van der Waals surface area contributed by atoms with E-state index in [4.69, 9.17) is 9.47 Å². The minimum Gasteiger partial charge on any atom is -0.493 e. The third-order valence-corrected chi connectivity index (χ3v) is 7.05. The molecule has 10 nitrogen and oxygen atoms in total. The minimum absolute atomic E-state index is 0.0756. The number of nitro benzene ring substituents is 1. The molecule has 0 saturated carbocycles. The van der Waals surface area contributed by atoms with Crippen LogP contribution in [-0.2, 0) is 29.5 Å². The van der Waals surface area contributed by atoms with E-state index in [0.29, 0.717) is 24.5 Å². The molecule has 0 atom stereocenters. The van der Waals surface area contributed by atoms with Gasteiger partial charge in [0.05, 0.1) is 36.3 Å². The average molecular weight is 475 g/mol. The van der Waals surface area contributed by atoms with Gasteiger partial charge in [0.25, 0.3) is 5.69 Å². The summed E-state index contributed by atoms with van der Waals surface area (Å²) >= 11 is 0. The third-order valence-electron chi connectivity index (χ3n) is 5.21. The van der Waals surface area contributed by atoms with Crippen LogP contribution in [0.4, 0.5) is 5.69 Å². The maximum Gasteiger partial charge on any atom is 0.270 e. The Morgan fingerprint density at radius 1 is 1.09 bits per heavy atom. The maximum absolute atomic E-state index is 13.5. The van der Waals surface area contributed by atoms with Crippen LogP contribution in [0.25, 0.3) is 0 Å². The van der Waals surface area contributed by atoms with Gasteiger partial charge >= 0.3 is 0 Å². The summed E-state index contributed by atoms with van der Waals surface area (Å²) in [5.41, 5.74) is 1.30. The standard InChI is InChI=1S/C22H26N4O6S/c1-4-25-19(10-12-23-25)16-24(13-11-17-8-9-21(31-2)22(14-17)32-3)33(29,30)20-7-5-6-18(15-20)26(27)28/h5-10,12,14-15H,4,11,13,16H2,1-3H3. The van der Waals surface area contributed by atoms with E-state index in [1.807, 2.05) is 13.0 Å². The molecule has 0 N–H and O–H groups in total. The second kappa shape index (κ2) is 10.5. The minimum atomic E-state index is -4.02. The lowest BCUT2D eigenvalue weighted by molar-refractivity contribution is -0.385. The molecule has 1 heterocycles. The van der Waals surface area contributed by atoms with E-state index in [0.717, 1.165) is 17.3 Å². The van der Waals surface area contributed by atoms with Crippen molar-refractivity contribution in [1.82, 2.24) is 14.1 Å². The molecular weight excluding hydrogens is 448 g/mol. The monoisotopic (exact) mass is 474 g/mol. The number of hydrogen-bond donors (Lipinski definition) is 0. The summed E-state index contributed by atoms with van der Waals surface area (Å²) in [4.78, 5) is 10.4. The largest absolute Gasteiger partial charge is 0.493 e. The molecule has 0 aliphatic carbocycles. The predicted octanol–water partition coefficient (Wildman–Crippen LogP) is 3.26. The second-order valence-electron chi connectivity index (χ2n) is 7.17. The molecule has 0 unspecified atom stereocenters. The van der Waals surface area contributed by atoms with Gasteiger partial charge in [-0.25, -0.2) is 8.42 Å². The Balaban J connectivity index is 1.94. The van der Waals surface area contributed by atoms with Gasteiger partial charge in [-0.3, -0.25) is 14.8 Å². The molecule has 0 aliphatic rings. The number of hydrogen-bond acceptors (Lipinski definition) is 7. The van der Waals surface area contributed by atoms with Crippen LogP contribution < -0.4 is 9.47 Å². The fraction of sp³-hybridized carbons (Fsp3) is 0.318. The van der Waals surface area contributed by atoms with Crippen molar-refractivity contribution in [2.45, 2.75) is 31.3 Å². The van der Waals surface area contributed by atoms with Crippen LogP contribution >= 0.6 is 0 Å². The second-order valence-corrected chi connectivity index (χ2v) is 9.11. The summed E-state index contributed by atoms with van der Waals surface area (Å²) in [6, 6.07) is 12.2. The van der Waals surface area contributed by atoms with E-state index in [-0.39, 0.29) is 23.7 Å². The first kappa shape index (κ1) is 24.2. The SMILES string of the molecule is CCn1nccc1CN(CCc1ccc(OC)c(OC)c1)S(=O)(=O)c1cccc([N+](=O)[O-])c1. The maximum atomic E-state index is 13.5. The normalized spacial score (nSPS) is 11.5. The van der Waals surface area contributed by atoms with E-state index in [9.17, 15) is 18.5 Å². The zero-order valence-electron chi connectivity index (χ0n) is 18.7. The zero-order chi connectivity index (χ0) is 24.0. The van der Waals surface area contributed by atoms with Gasteiger partial charge in [0.2, 0.25) is 10.0 Å². The van der Waals surface area contributed by atoms with Gasteiger partial charge in [0.15, 0.2) is 11.5 Å². The molecule has 0 aliphatic heterocycles. The lowest BCUT2D eigenvalue weighted by Crippen LogP contribution is -2.33. The Hall–Kier alpha value is -3.44. The summed E-state index contributed by atoms with van der Waals surface area (Å²) in [6.45, 7) is 2.73. The Morgan fingerprint density at radius 2 is 1.85 bits per heavy atom. The highest BCUT2D eigenvalue weighted by Crippen LogP contribution is 2.28. The van der Waals surface area contributed by atoms with Crippen molar-refractivity contribution in [3.05, 3.63) is 76.1 Å². The number of aromatic nitrogens is 2. The summed E-state index contributed by atoms with van der Waals surface area (Å²) < 4.78 is 40.6. The number of non-ortho nitro benzene ring substituents is 1. The molecule has 0 saturated heterocycles. The molecule has 3 aromatic rings. The van der Waals surface area contributed by atoms with Gasteiger partial charge < -0.3 is 9.47 Å². The lowest BCUT2D eigenvalue weighted by Gasteiger charge is -2.23. The number of benzene rings is 2. The summed E-state index contributed by atoms with van der Waals surface area (Å²) in [7, 11) is -0.947. The molecule has 0 amide bonds. The van der Waals surface area contributed by atoms with Crippen molar-refractivity contribution < 1.29 is 22.8 Å². The van der Waals surface area contributed by atoms with Crippen molar-refractivity contribution in [3.63, 3.8) is 0 Å². The first-order valence-corrected chi connectivity index (χ1v) is 11.7. The first-order valence-electron chi connectivity index (χ1n) is 10.3. The topological polar surface area (TPSA) is 117 Å². The third kappa shape index (κ3) is 5.49. The smallest absolute Gasteiger partial charge is 0.270 e. The van der Waals surface area contributed by atoms with Gasteiger partial charge in [-0.05, 0) is 43.2 Å². The van der Waals surface area contributed by atoms with Gasteiger partial charge in [-0.2, -0.15) is 9.40 Å². The Kier molecular flexibility index (Phi) is 7.67. The molecule has 0 bridgehead atoms. The molecule has 0 radical (unpaired) electrons. The molecule has 11 heteroatoms. The molecule has 1 aromatic heterocycles.